The zero-order valence-electron chi connectivity index (χ0n) is 5.01. The molecule has 1 aliphatic heterocycles. The van der Waals surface area contributed by atoms with E-state index in [0.29, 0.717) is 0 Å². The Hall–Kier alpha value is -0.610. The molecule has 0 amide bonds. The van der Waals surface area contributed by atoms with Crippen LogP contribution in [-0.4, -0.2) is 23.7 Å². The molecule has 1 aliphatic rings. The number of hydrogen-bond donors (Lipinski definition) is 0. The average Bonchev–Trinajstić information content (AvgIpc) is 1.85. The minimum atomic E-state index is 0.0249. The number of halogens is 2. The second-order valence-electron chi connectivity index (χ2n) is 1.36. The molecule has 0 fully saturated rings. The first-order valence-electron chi connectivity index (χ1n) is 2.33. The van der Waals surface area contributed by atoms with Gasteiger partial charge in [-0.2, -0.15) is 0 Å². The number of hydrogen-bond acceptors (Lipinski definition) is 4. The summed E-state index contributed by atoms with van der Waals surface area (Å²) in [6, 6.07) is 0.116. The lowest BCUT2D eigenvalue weighted by Crippen LogP contribution is -2.17. The Morgan fingerprint density at radius 3 is 2.60 bits per heavy atom. The molecule has 0 aliphatic carbocycles. The van der Waals surface area contributed by atoms with Crippen molar-refractivity contribution in [2.24, 2.45) is 9.98 Å². The summed E-state index contributed by atoms with van der Waals surface area (Å²) >= 11 is 10.8. The van der Waals surface area contributed by atoms with E-state index in [1.54, 1.807) is 0 Å². The molecule has 0 aromatic heterocycles. The zero-order chi connectivity index (χ0) is 7.56. The van der Waals surface area contributed by atoms with Crippen LogP contribution in [0.1, 0.15) is 0 Å². The van der Waals surface area contributed by atoms with Crippen LogP contribution in [0.4, 0.5) is 0 Å². The van der Waals surface area contributed by atoms with Crippen LogP contribution < -0.4 is 4.99 Å². The molecule has 0 bridgehead atoms. The van der Waals surface area contributed by atoms with Crippen molar-refractivity contribution < 1.29 is 4.74 Å². The standard InChI is InChI=1S/C4H3Cl2N3O/c1-10-4-8-2(5)7-3(6)9-4/h1H3/q+1. The number of nitrogens with zero attached hydrogens (tertiary/aromatic N) is 3. The maximum atomic E-state index is 5.40. The lowest BCUT2D eigenvalue weighted by molar-refractivity contribution is 0.392. The molecule has 10 heavy (non-hydrogen) atoms. The van der Waals surface area contributed by atoms with E-state index in [0.717, 1.165) is 0 Å². The highest BCUT2D eigenvalue weighted by Gasteiger charge is 2.19. The van der Waals surface area contributed by atoms with Gasteiger partial charge in [-0.3, -0.25) is 0 Å². The van der Waals surface area contributed by atoms with E-state index in [-0.39, 0.29) is 16.6 Å². The summed E-state index contributed by atoms with van der Waals surface area (Å²) in [6.07, 6.45) is 0. The van der Waals surface area contributed by atoms with Gasteiger partial charge in [-0.1, -0.05) is 0 Å². The van der Waals surface area contributed by atoms with Gasteiger partial charge in [-0.05, 0) is 38.2 Å². The third-order valence-electron chi connectivity index (χ3n) is 0.743. The Balaban J connectivity index is 2.91. The molecular weight excluding hydrogens is 177 g/mol. The predicted octanol–water partition coefficient (Wildman–Crippen LogP) is 0.528. The number of methoxy groups -OCH3 is 1. The van der Waals surface area contributed by atoms with Crippen molar-refractivity contribution in [3.63, 3.8) is 0 Å². The fourth-order valence-electron chi connectivity index (χ4n) is 0.400. The third-order valence-corrected chi connectivity index (χ3v) is 1.08. The topological polar surface area (TPSA) is 48.1 Å². The first kappa shape index (κ1) is 7.50. The van der Waals surface area contributed by atoms with Crippen LogP contribution in [-0.2, 0) is 4.74 Å². The minimum absolute atomic E-state index is 0.0249. The van der Waals surface area contributed by atoms with Gasteiger partial charge in [-0.25, -0.2) is 0 Å². The Morgan fingerprint density at radius 1 is 1.40 bits per heavy atom. The molecule has 4 nitrogen and oxygen atoms in total. The molecule has 1 rings (SSSR count). The molecule has 0 saturated carbocycles. The highest BCUT2D eigenvalue weighted by atomic mass is 35.5. The van der Waals surface area contributed by atoms with E-state index in [1.807, 2.05) is 0 Å². The highest BCUT2D eigenvalue weighted by molar-refractivity contribution is 6.72. The van der Waals surface area contributed by atoms with Crippen molar-refractivity contribution in [2.45, 2.75) is 0 Å². The van der Waals surface area contributed by atoms with Crippen LogP contribution in [0.25, 0.3) is 0 Å². The zero-order valence-corrected chi connectivity index (χ0v) is 6.52. The molecule has 0 saturated heterocycles. The van der Waals surface area contributed by atoms with Gasteiger partial charge in [0.2, 0.25) is 0 Å². The van der Waals surface area contributed by atoms with Crippen LogP contribution in [0.15, 0.2) is 9.98 Å². The molecule has 0 spiro atoms. The second-order valence-corrected chi connectivity index (χ2v) is 2.04. The summed E-state index contributed by atoms with van der Waals surface area (Å²) < 4.78 is 4.64. The first-order chi connectivity index (χ1) is 4.72. The largest absolute Gasteiger partial charge is 0.474 e. The van der Waals surface area contributed by atoms with E-state index in [1.165, 1.54) is 7.11 Å². The quantitative estimate of drug-likeness (QED) is 0.501. The van der Waals surface area contributed by atoms with Crippen LogP contribution >= 0.6 is 23.2 Å². The van der Waals surface area contributed by atoms with Gasteiger partial charge in [0.15, 0.2) is 0 Å². The van der Waals surface area contributed by atoms with Gasteiger partial charge in [0.25, 0.3) is 0 Å². The van der Waals surface area contributed by atoms with Crippen LogP contribution in [0.5, 0.6) is 0 Å². The van der Waals surface area contributed by atoms with E-state index in [2.05, 4.69) is 19.7 Å². The van der Waals surface area contributed by atoms with Gasteiger partial charge < -0.3 is 4.74 Å². The molecule has 6 heteroatoms. The van der Waals surface area contributed by atoms with Gasteiger partial charge in [0, 0.05) is 0 Å². The summed E-state index contributed by atoms with van der Waals surface area (Å²) in [5.41, 5.74) is 0. The van der Waals surface area contributed by atoms with Crippen molar-refractivity contribution in [1.82, 2.24) is 4.99 Å². The Kier molecular flexibility index (Phi) is 2.24. The molecule has 1 radical (unpaired) electrons. The Bertz CT molecular complexity index is 230. The summed E-state index contributed by atoms with van der Waals surface area (Å²) in [7, 11) is 1.42. The van der Waals surface area contributed by atoms with E-state index >= 15 is 0 Å². The maximum absolute atomic E-state index is 5.40. The van der Waals surface area contributed by atoms with E-state index < -0.39 is 0 Å². The van der Waals surface area contributed by atoms with Crippen LogP contribution in [0.2, 0.25) is 0 Å². The molecule has 1 heterocycles. The number of rotatable bonds is 0. The lowest BCUT2D eigenvalue weighted by atomic mass is 10.9. The predicted molar refractivity (Wildman–Crippen MR) is 40.7 cm³/mol. The SMILES string of the molecule is COC1=NC(Cl)=NC(Cl)=[N+]1. The van der Waals surface area contributed by atoms with Gasteiger partial charge >= 0.3 is 16.6 Å². The lowest BCUT2D eigenvalue weighted by Gasteiger charge is -1.89. The summed E-state index contributed by atoms with van der Waals surface area (Å²) in [5, 5.41) is 0.0497. The van der Waals surface area contributed by atoms with Crippen molar-refractivity contribution in [2.75, 3.05) is 7.11 Å². The minimum Gasteiger partial charge on any atom is -0.442 e. The summed E-state index contributed by atoms with van der Waals surface area (Å²) in [5.74, 6) is 0. The van der Waals surface area contributed by atoms with Gasteiger partial charge in [0.1, 0.15) is 0 Å². The van der Waals surface area contributed by atoms with Gasteiger partial charge in [-0.15, -0.1) is 0 Å². The molecule has 0 unspecified atom stereocenters. The van der Waals surface area contributed by atoms with Crippen molar-refractivity contribution in [3.8, 4) is 0 Å². The van der Waals surface area contributed by atoms with E-state index in [4.69, 9.17) is 23.2 Å². The number of ether oxygens (including phenoxy) is 1. The molecule has 53 valence electrons. The van der Waals surface area contributed by atoms with Crippen LogP contribution in [0.3, 0.4) is 0 Å². The fraction of sp³-hybridized carbons (Fsp3) is 0.250. The molecule has 0 aromatic rings. The Labute approximate surface area is 67.2 Å². The highest BCUT2D eigenvalue weighted by Crippen LogP contribution is 1.97. The second kappa shape index (κ2) is 2.98. The molecule has 0 N–H and O–H groups in total. The van der Waals surface area contributed by atoms with Crippen molar-refractivity contribution in [1.29, 1.82) is 0 Å². The fourth-order valence-corrected chi connectivity index (χ4v) is 0.748. The Morgan fingerprint density at radius 2 is 2.10 bits per heavy atom. The maximum Gasteiger partial charge on any atom is 0.474 e. The third kappa shape index (κ3) is 1.68. The monoisotopic (exact) mass is 179 g/mol. The molecule has 0 aromatic carbocycles. The summed E-state index contributed by atoms with van der Waals surface area (Å²) in [6.45, 7) is 0. The van der Waals surface area contributed by atoms with Crippen molar-refractivity contribution in [3.05, 3.63) is 0 Å². The molecular formula is C4H3Cl2N3O+. The smallest absolute Gasteiger partial charge is 0.442 e. The normalized spacial score (nSPS) is 17.3. The van der Waals surface area contributed by atoms with Crippen LogP contribution in [0, 0.1) is 0 Å². The average molecular weight is 180 g/mol. The number of aliphatic imine (C=N–C) groups is 3. The van der Waals surface area contributed by atoms with Crippen molar-refractivity contribution >= 4 is 39.8 Å². The number of amidine groups is 3. The first-order valence-corrected chi connectivity index (χ1v) is 3.09. The summed E-state index contributed by atoms with van der Waals surface area (Å²) in [4.78, 5) is 10.7. The van der Waals surface area contributed by atoms with Gasteiger partial charge in [0.05, 0.1) is 7.11 Å². The van der Waals surface area contributed by atoms with E-state index in [9.17, 15) is 0 Å². The molecule has 0 atom stereocenters.